The van der Waals surface area contributed by atoms with Crippen LogP contribution in [-0.4, -0.2) is 20.5 Å². The third-order valence-electron chi connectivity index (χ3n) is 2.40. The summed E-state index contributed by atoms with van der Waals surface area (Å²) in [7, 11) is 0. The fourth-order valence-electron chi connectivity index (χ4n) is 1.60. The predicted octanol–water partition coefficient (Wildman–Crippen LogP) is 2.53. The van der Waals surface area contributed by atoms with Crippen LogP contribution in [0.2, 0.25) is 0 Å². The quantitative estimate of drug-likeness (QED) is 0.771. The van der Waals surface area contributed by atoms with E-state index in [0.717, 1.165) is 22.4 Å². The van der Waals surface area contributed by atoms with Crippen LogP contribution in [-0.2, 0) is 0 Å². The molecule has 1 aromatic heterocycles. The monoisotopic (exact) mass is 224 g/mol. The highest BCUT2D eigenvalue weighted by Gasteiger charge is 2.14. The summed E-state index contributed by atoms with van der Waals surface area (Å²) in [4.78, 5) is 7.42. The Morgan fingerprint density at radius 2 is 2.20 bits per heavy atom. The fourth-order valence-corrected chi connectivity index (χ4v) is 1.75. The number of hydrogen-bond acceptors (Lipinski definition) is 2. The highest BCUT2D eigenvalue weighted by molar-refractivity contribution is 6.20. The number of nitrogens with zero attached hydrogens (tertiary/aromatic N) is 1. The number of hydrogen-bond donors (Lipinski definition) is 2. The summed E-state index contributed by atoms with van der Waals surface area (Å²) >= 11 is 5.84. The van der Waals surface area contributed by atoms with Crippen LogP contribution in [0.25, 0.3) is 11.0 Å². The van der Waals surface area contributed by atoms with Crippen LogP contribution >= 0.6 is 11.6 Å². The zero-order chi connectivity index (χ0) is 11.0. The molecule has 15 heavy (non-hydrogen) atoms. The zero-order valence-corrected chi connectivity index (χ0v) is 9.42. The minimum Gasteiger partial charge on any atom is -0.387 e. The van der Waals surface area contributed by atoms with Crippen molar-refractivity contribution < 1.29 is 5.11 Å². The summed E-state index contributed by atoms with van der Waals surface area (Å²) in [6, 6.07) is 5.63. The van der Waals surface area contributed by atoms with E-state index in [2.05, 4.69) is 9.97 Å². The number of aryl methyl sites for hydroxylation is 1. The lowest BCUT2D eigenvalue weighted by molar-refractivity contribution is 0.177. The molecular weight excluding hydrogens is 212 g/mol. The first-order valence-electron chi connectivity index (χ1n) is 4.86. The van der Waals surface area contributed by atoms with Crippen molar-refractivity contribution in [2.24, 2.45) is 0 Å². The first-order chi connectivity index (χ1) is 7.08. The van der Waals surface area contributed by atoms with Crippen molar-refractivity contribution in [1.29, 1.82) is 0 Å². The Morgan fingerprint density at radius 1 is 1.47 bits per heavy atom. The lowest BCUT2D eigenvalue weighted by Crippen LogP contribution is -2.07. The average molecular weight is 225 g/mol. The number of imidazole rings is 1. The van der Waals surface area contributed by atoms with Crippen molar-refractivity contribution in [2.75, 3.05) is 0 Å². The third kappa shape index (κ3) is 1.98. The molecular formula is C11H13ClN2O. The molecule has 2 atom stereocenters. The Labute approximate surface area is 93.1 Å². The molecule has 2 N–H and O–H groups in total. The molecule has 0 aliphatic heterocycles. The predicted molar refractivity (Wildman–Crippen MR) is 61.1 cm³/mol. The van der Waals surface area contributed by atoms with E-state index in [1.807, 2.05) is 25.1 Å². The average Bonchev–Trinajstić information content (AvgIpc) is 2.55. The van der Waals surface area contributed by atoms with Gasteiger partial charge in [-0.1, -0.05) is 6.07 Å². The third-order valence-corrected chi connectivity index (χ3v) is 2.64. The second-order valence-corrected chi connectivity index (χ2v) is 4.41. The van der Waals surface area contributed by atoms with Crippen LogP contribution in [0.5, 0.6) is 0 Å². The molecule has 0 aliphatic rings. The first kappa shape index (κ1) is 10.5. The van der Waals surface area contributed by atoms with Gasteiger partial charge in [0, 0.05) is 0 Å². The number of aromatic amines is 1. The van der Waals surface area contributed by atoms with Crippen molar-refractivity contribution in [3.8, 4) is 0 Å². The molecule has 0 saturated heterocycles. The van der Waals surface area contributed by atoms with Crippen molar-refractivity contribution in [1.82, 2.24) is 9.97 Å². The van der Waals surface area contributed by atoms with Gasteiger partial charge in [0.25, 0.3) is 0 Å². The van der Waals surface area contributed by atoms with E-state index in [9.17, 15) is 5.11 Å². The van der Waals surface area contributed by atoms with Crippen LogP contribution in [0.15, 0.2) is 18.2 Å². The van der Waals surface area contributed by atoms with Crippen LogP contribution < -0.4 is 0 Å². The van der Waals surface area contributed by atoms with Crippen molar-refractivity contribution >= 4 is 22.6 Å². The Bertz CT molecular complexity index is 478. The smallest absolute Gasteiger partial charge is 0.104 e. The van der Waals surface area contributed by atoms with Gasteiger partial charge in [0.1, 0.15) is 5.82 Å². The second-order valence-electron chi connectivity index (χ2n) is 3.72. The van der Waals surface area contributed by atoms with E-state index in [-0.39, 0.29) is 5.38 Å². The minimum atomic E-state index is -0.639. The summed E-state index contributed by atoms with van der Waals surface area (Å²) in [5.74, 6) is 0.871. The molecule has 0 aliphatic carbocycles. The van der Waals surface area contributed by atoms with Crippen LogP contribution in [0.4, 0.5) is 0 Å². The molecule has 2 aromatic rings. The Balaban J connectivity index is 2.46. The number of aliphatic hydroxyl groups excluding tert-OH is 1. The van der Waals surface area contributed by atoms with Crippen molar-refractivity contribution in [3.63, 3.8) is 0 Å². The molecule has 1 aromatic carbocycles. The number of benzene rings is 1. The van der Waals surface area contributed by atoms with E-state index in [1.165, 1.54) is 0 Å². The SMILES string of the molecule is Cc1nc2ccc(C(O)C(C)Cl)cc2[nH]1. The van der Waals surface area contributed by atoms with Gasteiger partial charge >= 0.3 is 0 Å². The molecule has 0 fully saturated rings. The molecule has 4 heteroatoms. The zero-order valence-electron chi connectivity index (χ0n) is 8.66. The number of fused-ring (bicyclic) bond motifs is 1. The summed E-state index contributed by atoms with van der Waals surface area (Å²) in [6.45, 7) is 3.68. The first-order valence-corrected chi connectivity index (χ1v) is 5.30. The van der Waals surface area contributed by atoms with Gasteiger partial charge in [-0.15, -0.1) is 11.6 Å². The molecule has 0 radical (unpaired) electrons. The van der Waals surface area contributed by atoms with Gasteiger partial charge in [0.05, 0.1) is 22.5 Å². The summed E-state index contributed by atoms with van der Waals surface area (Å²) in [5.41, 5.74) is 2.65. The fraction of sp³-hybridized carbons (Fsp3) is 0.364. The normalized spacial score (nSPS) is 15.5. The maximum absolute atomic E-state index is 9.80. The standard InChI is InChI=1S/C11H13ClN2O/c1-6(12)11(15)8-3-4-9-10(5-8)14-7(2)13-9/h3-6,11,15H,1-2H3,(H,13,14). The minimum absolute atomic E-state index is 0.300. The highest BCUT2D eigenvalue weighted by atomic mass is 35.5. The summed E-state index contributed by atoms with van der Waals surface area (Å²) in [6.07, 6.45) is -0.639. The topological polar surface area (TPSA) is 48.9 Å². The number of aliphatic hydroxyl groups is 1. The van der Waals surface area contributed by atoms with Crippen molar-refractivity contribution in [2.45, 2.75) is 25.3 Å². The molecule has 0 amide bonds. The Hall–Kier alpha value is -1.06. The van der Waals surface area contributed by atoms with Crippen LogP contribution in [0, 0.1) is 6.92 Å². The van der Waals surface area contributed by atoms with Gasteiger partial charge in [-0.2, -0.15) is 0 Å². The molecule has 1 heterocycles. The van der Waals surface area contributed by atoms with E-state index in [4.69, 9.17) is 11.6 Å². The number of H-pyrrole nitrogens is 1. The van der Waals surface area contributed by atoms with Gasteiger partial charge < -0.3 is 10.1 Å². The van der Waals surface area contributed by atoms with Gasteiger partial charge in [-0.3, -0.25) is 0 Å². The number of aromatic nitrogens is 2. The molecule has 2 unspecified atom stereocenters. The second kappa shape index (κ2) is 3.83. The maximum Gasteiger partial charge on any atom is 0.104 e. The summed E-state index contributed by atoms with van der Waals surface area (Å²) in [5, 5.41) is 9.50. The van der Waals surface area contributed by atoms with E-state index in [1.54, 1.807) is 6.92 Å². The Morgan fingerprint density at radius 3 is 2.87 bits per heavy atom. The van der Waals surface area contributed by atoms with E-state index < -0.39 is 6.10 Å². The Kier molecular flexibility index (Phi) is 2.67. The van der Waals surface area contributed by atoms with E-state index >= 15 is 0 Å². The lowest BCUT2D eigenvalue weighted by atomic mass is 10.1. The molecule has 0 bridgehead atoms. The molecule has 80 valence electrons. The van der Waals surface area contributed by atoms with Crippen LogP contribution in [0.1, 0.15) is 24.4 Å². The number of rotatable bonds is 2. The molecule has 0 spiro atoms. The van der Waals surface area contributed by atoms with Gasteiger partial charge in [0.15, 0.2) is 0 Å². The molecule has 3 nitrogen and oxygen atoms in total. The summed E-state index contributed by atoms with van der Waals surface area (Å²) < 4.78 is 0. The highest BCUT2D eigenvalue weighted by Crippen LogP contribution is 2.23. The molecule has 2 rings (SSSR count). The van der Waals surface area contributed by atoms with Crippen molar-refractivity contribution in [3.05, 3.63) is 29.6 Å². The van der Waals surface area contributed by atoms with E-state index in [0.29, 0.717) is 0 Å². The number of alkyl halides is 1. The number of nitrogens with one attached hydrogen (secondary N) is 1. The number of halogens is 1. The molecule has 0 saturated carbocycles. The van der Waals surface area contributed by atoms with Crippen LogP contribution in [0.3, 0.4) is 0 Å². The maximum atomic E-state index is 9.80. The van der Waals surface area contributed by atoms with Gasteiger partial charge in [-0.05, 0) is 31.5 Å². The van der Waals surface area contributed by atoms with Gasteiger partial charge in [0.2, 0.25) is 0 Å². The lowest BCUT2D eigenvalue weighted by Gasteiger charge is -2.12. The van der Waals surface area contributed by atoms with Gasteiger partial charge in [-0.25, -0.2) is 4.98 Å². The largest absolute Gasteiger partial charge is 0.387 e.